The van der Waals surface area contributed by atoms with Crippen molar-refractivity contribution in [2.45, 2.75) is 6.42 Å². The lowest BCUT2D eigenvalue weighted by molar-refractivity contribution is -0.116. The summed E-state index contributed by atoms with van der Waals surface area (Å²) in [4.78, 5) is 51.3. The predicted molar refractivity (Wildman–Crippen MR) is 119 cm³/mol. The Labute approximate surface area is 188 Å². The molecule has 0 radical (unpaired) electrons. The maximum Gasteiger partial charge on any atom is 0.255 e. The standard InChI is InChI=1S/C24H15Cl2NO4/c25-12-16(28)11-14-7-10-19-20(23(30)18-4-2-1-3-17(18)22(19)29)21(14)27-24(31)13-5-8-15(26)9-6-13/h1-10H,11-12H2,(H,27,31). The van der Waals surface area contributed by atoms with Gasteiger partial charge >= 0.3 is 0 Å². The maximum absolute atomic E-state index is 13.3. The Balaban J connectivity index is 1.86. The number of hydrogen-bond acceptors (Lipinski definition) is 4. The Morgan fingerprint density at radius 1 is 0.806 bits per heavy atom. The van der Waals surface area contributed by atoms with Crippen molar-refractivity contribution in [3.8, 4) is 0 Å². The Morgan fingerprint density at radius 3 is 2.10 bits per heavy atom. The van der Waals surface area contributed by atoms with E-state index in [0.717, 1.165) is 0 Å². The third-order valence-corrected chi connectivity index (χ3v) is 5.61. The summed E-state index contributed by atoms with van der Waals surface area (Å²) >= 11 is 11.6. The second-order valence-corrected chi connectivity index (χ2v) is 7.74. The molecule has 0 fully saturated rings. The van der Waals surface area contributed by atoms with E-state index < -0.39 is 11.7 Å². The van der Waals surface area contributed by atoms with Crippen molar-refractivity contribution < 1.29 is 19.2 Å². The molecule has 1 aliphatic rings. The van der Waals surface area contributed by atoms with Gasteiger partial charge in [-0.05, 0) is 35.9 Å². The number of ketones is 3. The molecule has 7 heteroatoms. The van der Waals surface area contributed by atoms with Gasteiger partial charge in [-0.15, -0.1) is 11.6 Å². The number of rotatable bonds is 5. The van der Waals surface area contributed by atoms with E-state index in [-0.39, 0.29) is 46.2 Å². The molecule has 5 nitrogen and oxygen atoms in total. The monoisotopic (exact) mass is 451 g/mol. The van der Waals surface area contributed by atoms with Crippen molar-refractivity contribution >= 4 is 52.1 Å². The summed E-state index contributed by atoms with van der Waals surface area (Å²) in [6.07, 6.45) is -0.0872. The van der Waals surface area contributed by atoms with Crippen LogP contribution in [0.2, 0.25) is 5.02 Å². The number of nitrogens with one attached hydrogen (secondary N) is 1. The van der Waals surface area contributed by atoms with Crippen LogP contribution in [0.25, 0.3) is 0 Å². The lowest BCUT2D eigenvalue weighted by Crippen LogP contribution is -2.25. The van der Waals surface area contributed by atoms with Crippen LogP contribution in [-0.2, 0) is 11.2 Å². The first kappa shape index (κ1) is 21.0. The molecule has 0 unspecified atom stereocenters. The van der Waals surface area contributed by atoms with Crippen LogP contribution in [0.5, 0.6) is 0 Å². The first-order chi connectivity index (χ1) is 14.9. The summed E-state index contributed by atoms with van der Waals surface area (Å²) in [6, 6.07) is 15.8. The van der Waals surface area contributed by atoms with Crippen LogP contribution < -0.4 is 5.32 Å². The molecule has 0 atom stereocenters. The predicted octanol–water partition coefficient (Wildman–Crippen LogP) is 4.72. The molecule has 3 aromatic carbocycles. The van der Waals surface area contributed by atoms with Crippen LogP contribution in [-0.4, -0.2) is 29.1 Å². The normalized spacial score (nSPS) is 12.2. The van der Waals surface area contributed by atoms with E-state index in [1.165, 1.54) is 6.07 Å². The zero-order valence-corrected chi connectivity index (χ0v) is 17.6. The zero-order valence-electron chi connectivity index (χ0n) is 16.1. The van der Waals surface area contributed by atoms with Gasteiger partial charge in [-0.25, -0.2) is 0 Å². The summed E-state index contributed by atoms with van der Waals surface area (Å²) in [6.45, 7) is 0. The van der Waals surface area contributed by atoms with Crippen molar-refractivity contribution in [1.29, 1.82) is 0 Å². The molecule has 1 amide bonds. The second-order valence-electron chi connectivity index (χ2n) is 7.04. The van der Waals surface area contributed by atoms with Crippen molar-refractivity contribution in [3.05, 3.63) is 99.1 Å². The largest absolute Gasteiger partial charge is 0.321 e. The summed E-state index contributed by atoms with van der Waals surface area (Å²) in [5.41, 5.74) is 1.67. The lowest BCUT2D eigenvalue weighted by atomic mass is 9.81. The van der Waals surface area contributed by atoms with Crippen molar-refractivity contribution in [2.75, 3.05) is 11.2 Å². The van der Waals surface area contributed by atoms with E-state index in [1.54, 1.807) is 54.6 Å². The highest BCUT2D eigenvalue weighted by Gasteiger charge is 2.33. The first-order valence-electron chi connectivity index (χ1n) is 9.39. The number of carbonyl (C=O) groups excluding carboxylic acids is 4. The molecule has 154 valence electrons. The molecule has 0 saturated heterocycles. The van der Waals surface area contributed by atoms with Gasteiger partial charge in [-0.3, -0.25) is 19.2 Å². The van der Waals surface area contributed by atoms with Gasteiger partial charge < -0.3 is 5.32 Å². The number of amides is 1. The van der Waals surface area contributed by atoms with E-state index in [2.05, 4.69) is 5.32 Å². The fraction of sp³-hybridized carbons (Fsp3) is 0.0833. The fourth-order valence-electron chi connectivity index (χ4n) is 3.57. The van der Waals surface area contributed by atoms with Gasteiger partial charge in [-0.2, -0.15) is 0 Å². The molecule has 31 heavy (non-hydrogen) atoms. The van der Waals surface area contributed by atoms with E-state index in [0.29, 0.717) is 21.7 Å². The molecule has 0 aromatic heterocycles. The van der Waals surface area contributed by atoms with Gasteiger partial charge in [0, 0.05) is 33.7 Å². The summed E-state index contributed by atoms with van der Waals surface area (Å²) in [7, 11) is 0. The number of hydrogen-bond donors (Lipinski definition) is 1. The Morgan fingerprint density at radius 2 is 1.45 bits per heavy atom. The highest BCUT2D eigenvalue weighted by molar-refractivity contribution is 6.32. The minimum Gasteiger partial charge on any atom is -0.321 e. The van der Waals surface area contributed by atoms with Crippen LogP contribution in [0, 0.1) is 0 Å². The van der Waals surface area contributed by atoms with Crippen LogP contribution in [0.3, 0.4) is 0 Å². The minimum absolute atomic E-state index is 0.0749. The molecular weight excluding hydrogens is 437 g/mol. The maximum atomic E-state index is 13.3. The number of anilines is 1. The van der Waals surface area contributed by atoms with Crippen molar-refractivity contribution in [3.63, 3.8) is 0 Å². The van der Waals surface area contributed by atoms with Gasteiger partial charge in [0.1, 0.15) is 0 Å². The highest BCUT2D eigenvalue weighted by Crippen LogP contribution is 2.35. The molecule has 0 saturated carbocycles. The number of alkyl halides is 1. The van der Waals surface area contributed by atoms with Crippen LogP contribution >= 0.6 is 23.2 Å². The lowest BCUT2D eigenvalue weighted by Gasteiger charge is -2.22. The molecule has 0 bridgehead atoms. The molecular formula is C24H15Cl2NO4. The van der Waals surface area contributed by atoms with Crippen molar-refractivity contribution in [1.82, 2.24) is 0 Å². The molecule has 0 spiro atoms. The van der Waals surface area contributed by atoms with E-state index in [1.807, 2.05) is 0 Å². The van der Waals surface area contributed by atoms with Gasteiger partial charge in [0.05, 0.1) is 17.1 Å². The number of fused-ring (bicyclic) bond motifs is 2. The zero-order chi connectivity index (χ0) is 22.1. The first-order valence-corrected chi connectivity index (χ1v) is 10.3. The van der Waals surface area contributed by atoms with Gasteiger partial charge in [-0.1, -0.05) is 41.9 Å². The Bertz CT molecular complexity index is 1250. The van der Waals surface area contributed by atoms with Crippen molar-refractivity contribution in [2.24, 2.45) is 0 Å². The molecule has 1 N–H and O–H groups in total. The fourth-order valence-corrected chi connectivity index (χ4v) is 3.79. The average molecular weight is 452 g/mol. The van der Waals surface area contributed by atoms with E-state index in [9.17, 15) is 19.2 Å². The third kappa shape index (κ3) is 3.90. The van der Waals surface area contributed by atoms with Gasteiger partial charge in [0.15, 0.2) is 17.3 Å². The number of carbonyl (C=O) groups is 4. The summed E-state index contributed by atoms with van der Waals surface area (Å²) in [5.74, 6) is -1.70. The molecule has 4 rings (SSSR count). The van der Waals surface area contributed by atoms with E-state index in [4.69, 9.17) is 23.2 Å². The number of Topliss-reactive ketones (excluding diaryl/α,β-unsaturated/α-hetero) is 1. The smallest absolute Gasteiger partial charge is 0.255 e. The molecule has 0 heterocycles. The van der Waals surface area contributed by atoms with Crippen LogP contribution in [0.1, 0.15) is 47.8 Å². The second kappa shape index (κ2) is 8.46. The topological polar surface area (TPSA) is 80.3 Å². The Kier molecular flexibility index (Phi) is 5.72. The highest BCUT2D eigenvalue weighted by atomic mass is 35.5. The van der Waals surface area contributed by atoms with Gasteiger partial charge in [0.2, 0.25) is 0 Å². The molecule has 0 aliphatic heterocycles. The molecule has 3 aromatic rings. The Hall–Kier alpha value is -3.28. The van der Waals surface area contributed by atoms with E-state index >= 15 is 0 Å². The molecule has 1 aliphatic carbocycles. The third-order valence-electron chi connectivity index (χ3n) is 5.06. The number of benzene rings is 3. The SMILES string of the molecule is O=C(CCl)Cc1ccc2c(c1NC(=O)c1ccc(Cl)cc1)C(=O)c1ccccc1C2=O. The van der Waals surface area contributed by atoms with Crippen LogP contribution in [0.15, 0.2) is 60.7 Å². The van der Waals surface area contributed by atoms with Gasteiger partial charge in [0.25, 0.3) is 5.91 Å². The number of halogens is 2. The van der Waals surface area contributed by atoms with Crippen LogP contribution in [0.4, 0.5) is 5.69 Å². The summed E-state index contributed by atoms with van der Waals surface area (Å²) < 4.78 is 0. The average Bonchev–Trinajstić information content (AvgIpc) is 2.78. The minimum atomic E-state index is -0.497. The quantitative estimate of drug-likeness (QED) is 0.445. The summed E-state index contributed by atoms with van der Waals surface area (Å²) in [5, 5.41) is 3.21.